The summed E-state index contributed by atoms with van der Waals surface area (Å²) in [6, 6.07) is 0. The molecule has 0 amide bonds. The Morgan fingerprint density at radius 2 is 1.50 bits per heavy atom. The summed E-state index contributed by atoms with van der Waals surface area (Å²) in [6.45, 7) is 3.72. The highest BCUT2D eigenvalue weighted by molar-refractivity contribution is 7.93. The van der Waals surface area contributed by atoms with Crippen molar-refractivity contribution in [3.8, 4) is 0 Å². The summed E-state index contributed by atoms with van der Waals surface area (Å²) in [5.74, 6) is 0.340. The van der Waals surface area contributed by atoms with Gasteiger partial charge in [-0.3, -0.25) is 4.79 Å². The third kappa shape index (κ3) is 4.43. The van der Waals surface area contributed by atoms with Crippen molar-refractivity contribution >= 4 is 15.6 Å². The normalized spacial score (nSPS) is 29.4. The van der Waals surface area contributed by atoms with Crippen molar-refractivity contribution in [1.29, 1.82) is 0 Å². The molecule has 2 rings (SSSR count). The van der Waals surface area contributed by atoms with Crippen molar-refractivity contribution in [1.82, 2.24) is 0 Å². The molecule has 0 spiro atoms. The highest BCUT2D eigenvalue weighted by atomic mass is 32.2. The first-order chi connectivity index (χ1) is 10.6. The molecule has 0 aromatic carbocycles. The Labute approximate surface area is 135 Å². The highest BCUT2D eigenvalue weighted by Crippen LogP contribution is 2.41. The molecule has 22 heavy (non-hydrogen) atoms. The van der Waals surface area contributed by atoms with Crippen LogP contribution in [-0.4, -0.2) is 24.7 Å². The maximum Gasteiger partial charge on any atom is 0.156 e. The SMILES string of the molecule is C=CCCCCCCCCC(=O)C1CC2CCC(C1)S2(=O)=O. The fourth-order valence-corrected chi connectivity index (χ4v) is 6.44. The molecule has 0 N–H and O–H groups in total. The third-order valence-electron chi connectivity index (χ3n) is 5.37. The molecule has 0 aliphatic carbocycles. The molecule has 2 bridgehead atoms. The zero-order valence-corrected chi connectivity index (χ0v) is 14.5. The summed E-state index contributed by atoms with van der Waals surface area (Å²) in [5.41, 5.74) is 0. The molecule has 126 valence electrons. The van der Waals surface area contributed by atoms with Crippen molar-refractivity contribution in [2.45, 2.75) is 87.5 Å². The molecule has 2 heterocycles. The fraction of sp³-hybridized carbons (Fsp3) is 0.833. The zero-order valence-electron chi connectivity index (χ0n) is 13.6. The van der Waals surface area contributed by atoms with E-state index in [9.17, 15) is 13.2 Å². The van der Waals surface area contributed by atoms with Gasteiger partial charge in [-0.15, -0.1) is 6.58 Å². The molecule has 0 radical (unpaired) electrons. The van der Waals surface area contributed by atoms with Crippen LogP contribution in [0.2, 0.25) is 0 Å². The first-order valence-electron chi connectivity index (χ1n) is 8.92. The molecule has 2 atom stereocenters. The Morgan fingerprint density at radius 3 is 2.09 bits per heavy atom. The molecule has 0 aromatic rings. The second-order valence-electron chi connectivity index (χ2n) is 6.99. The summed E-state index contributed by atoms with van der Waals surface area (Å²) >= 11 is 0. The maximum absolute atomic E-state index is 12.3. The van der Waals surface area contributed by atoms with Crippen molar-refractivity contribution < 1.29 is 13.2 Å². The van der Waals surface area contributed by atoms with Crippen LogP contribution in [0.5, 0.6) is 0 Å². The second-order valence-corrected chi connectivity index (χ2v) is 9.51. The summed E-state index contributed by atoms with van der Waals surface area (Å²) < 4.78 is 24.1. The molecule has 0 saturated carbocycles. The third-order valence-corrected chi connectivity index (χ3v) is 8.09. The Bertz CT molecular complexity index is 461. The quantitative estimate of drug-likeness (QED) is 0.446. The molecule has 4 heteroatoms. The van der Waals surface area contributed by atoms with Gasteiger partial charge in [-0.05, 0) is 44.9 Å². The van der Waals surface area contributed by atoms with Crippen molar-refractivity contribution in [3.63, 3.8) is 0 Å². The van der Waals surface area contributed by atoms with E-state index in [1.54, 1.807) is 0 Å². The summed E-state index contributed by atoms with van der Waals surface area (Å²) in [5, 5.41) is -0.435. The van der Waals surface area contributed by atoms with Crippen LogP contribution in [0.4, 0.5) is 0 Å². The van der Waals surface area contributed by atoms with Gasteiger partial charge in [0.25, 0.3) is 0 Å². The van der Waals surface area contributed by atoms with Gasteiger partial charge in [-0.25, -0.2) is 8.42 Å². The monoisotopic (exact) mass is 326 g/mol. The molecule has 2 fully saturated rings. The standard InChI is InChI=1S/C18H30O3S/c1-2-3-4-5-6-7-8-9-10-18(19)15-13-16-11-12-17(14-15)22(16,20)21/h2,15-17H,1,3-14H2. The predicted molar refractivity (Wildman–Crippen MR) is 90.6 cm³/mol. The van der Waals surface area contributed by atoms with Gasteiger partial charge in [-0.1, -0.05) is 31.8 Å². The number of sulfone groups is 1. The van der Waals surface area contributed by atoms with Gasteiger partial charge in [0.05, 0.1) is 10.5 Å². The van der Waals surface area contributed by atoms with E-state index in [1.807, 2.05) is 6.08 Å². The van der Waals surface area contributed by atoms with E-state index in [2.05, 4.69) is 6.58 Å². The lowest BCUT2D eigenvalue weighted by molar-refractivity contribution is -0.123. The van der Waals surface area contributed by atoms with Crippen LogP contribution < -0.4 is 0 Å². The first-order valence-corrected chi connectivity index (χ1v) is 10.5. The smallest absolute Gasteiger partial charge is 0.156 e. The predicted octanol–water partition coefficient (Wildman–Crippen LogP) is 4.22. The van der Waals surface area contributed by atoms with Gasteiger partial charge in [0.15, 0.2) is 9.84 Å². The van der Waals surface area contributed by atoms with E-state index < -0.39 is 9.84 Å². The lowest BCUT2D eigenvalue weighted by Crippen LogP contribution is -2.36. The van der Waals surface area contributed by atoms with E-state index >= 15 is 0 Å². The number of ketones is 1. The fourth-order valence-electron chi connectivity index (χ4n) is 3.97. The van der Waals surface area contributed by atoms with Crippen LogP contribution in [0.25, 0.3) is 0 Å². The number of unbranched alkanes of at least 4 members (excludes halogenated alkanes) is 6. The van der Waals surface area contributed by atoms with Crippen LogP contribution in [-0.2, 0) is 14.6 Å². The van der Waals surface area contributed by atoms with Gasteiger partial charge in [0.2, 0.25) is 0 Å². The molecule has 2 unspecified atom stereocenters. The zero-order chi connectivity index (χ0) is 16.0. The molecule has 2 aliphatic heterocycles. The molecule has 0 aromatic heterocycles. The number of fused-ring (bicyclic) bond motifs is 2. The minimum atomic E-state index is -2.89. The van der Waals surface area contributed by atoms with Crippen molar-refractivity contribution in [3.05, 3.63) is 12.7 Å². The van der Waals surface area contributed by atoms with Crippen LogP contribution in [0.15, 0.2) is 12.7 Å². The maximum atomic E-state index is 12.3. The number of rotatable bonds is 10. The molecular weight excluding hydrogens is 296 g/mol. The number of carbonyl (C=O) groups is 1. The molecule has 3 nitrogen and oxygen atoms in total. The van der Waals surface area contributed by atoms with Gasteiger partial charge in [0, 0.05) is 12.3 Å². The number of Topliss-reactive ketones (excluding diaryl/α,β-unsaturated/α-hetero) is 1. The van der Waals surface area contributed by atoms with Crippen LogP contribution >= 0.6 is 0 Å². The minimum absolute atomic E-state index is 0.0219. The average Bonchev–Trinajstić information content (AvgIpc) is 2.69. The van der Waals surface area contributed by atoms with Crippen molar-refractivity contribution in [2.24, 2.45) is 5.92 Å². The molecular formula is C18H30O3S. The number of carbonyl (C=O) groups excluding carboxylic acids is 1. The van der Waals surface area contributed by atoms with Gasteiger partial charge in [0.1, 0.15) is 5.78 Å². The largest absolute Gasteiger partial charge is 0.299 e. The highest BCUT2D eigenvalue weighted by Gasteiger charge is 2.48. The Hall–Kier alpha value is -0.640. The van der Waals surface area contributed by atoms with E-state index in [1.165, 1.54) is 25.7 Å². The van der Waals surface area contributed by atoms with E-state index in [4.69, 9.17) is 0 Å². The van der Waals surface area contributed by atoms with Crippen LogP contribution in [0, 0.1) is 5.92 Å². The van der Waals surface area contributed by atoms with Crippen LogP contribution in [0.3, 0.4) is 0 Å². The number of allylic oxidation sites excluding steroid dienone is 1. The molecule has 2 aliphatic rings. The lowest BCUT2D eigenvalue weighted by Gasteiger charge is -2.26. The average molecular weight is 327 g/mol. The van der Waals surface area contributed by atoms with E-state index in [-0.39, 0.29) is 16.4 Å². The first kappa shape index (κ1) is 17.7. The Kier molecular flexibility index (Phi) is 6.66. The van der Waals surface area contributed by atoms with E-state index in [0.717, 1.165) is 32.1 Å². The van der Waals surface area contributed by atoms with E-state index in [0.29, 0.717) is 25.0 Å². The lowest BCUT2D eigenvalue weighted by atomic mass is 9.91. The van der Waals surface area contributed by atoms with Gasteiger partial charge < -0.3 is 0 Å². The van der Waals surface area contributed by atoms with Gasteiger partial charge >= 0.3 is 0 Å². The number of hydrogen-bond acceptors (Lipinski definition) is 3. The van der Waals surface area contributed by atoms with Crippen molar-refractivity contribution in [2.75, 3.05) is 0 Å². The molecule has 2 saturated heterocycles. The Balaban J connectivity index is 1.60. The van der Waals surface area contributed by atoms with Gasteiger partial charge in [-0.2, -0.15) is 0 Å². The summed E-state index contributed by atoms with van der Waals surface area (Å²) in [6.07, 6.45) is 13.5. The second kappa shape index (κ2) is 8.28. The topological polar surface area (TPSA) is 51.2 Å². The summed E-state index contributed by atoms with van der Waals surface area (Å²) in [7, 11) is -2.89. The minimum Gasteiger partial charge on any atom is -0.299 e. The van der Waals surface area contributed by atoms with Crippen LogP contribution in [0.1, 0.15) is 77.0 Å². The summed E-state index contributed by atoms with van der Waals surface area (Å²) in [4.78, 5) is 12.3. The Morgan fingerprint density at radius 1 is 0.955 bits per heavy atom. The number of hydrogen-bond donors (Lipinski definition) is 0.